The molecule has 3 heterocycles. The fourth-order valence-electron chi connectivity index (χ4n) is 6.78. The molecule has 9 heteroatoms. The number of hydrogen-bond acceptors (Lipinski definition) is 9. The van der Waals surface area contributed by atoms with Crippen molar-refractivity contribution >= 4 is 51.5 Å². The first-order chi connectivity index (χ1) is 22.0. The molecule has 45 heavy (non-hydrogen) atoms. The number of fused-ring (bicyclic) bond motifs is 3. The predicted octanol–water partition coefficient (Wildman–Crippen LogP) is 6.48. The third kappa shape index (κ3) is 4.16. The van der Waals surface area contributed by atoms with E-state index in [2.05, 4.69) is 18.2 Å². The van der Waals surface area contributed by atoms with Crippen LogP contribution in [-0.4, -0.2) is 37.0 Å². The van der Waals surface area contributed by atoms with E-state index < -0.39 is 0 Å². The van der Waals surface area contributed by atoms with Crippen molar-refractivity contribution in [2.75, 3.05) is 34.3 Å². The number of para-hydroxylation sites is 3. The summed E-state index contributed by atoms with van der Waals surface area (Å²) in [6, 6.07) is 28.2. The zero-order valence-corrected chi connectivity index (χ0v) is 24.1. The topological polar surface area (TPSA) is 132 Å². The Hall–Kier alpha value is -6.24. The maximum atomic E-state index is 13.0. The first-order valence-electron chi connectivity index (χ1n) is 14.6. The number of Topliss-reactive ketones (excluding diaryl/α,β-unsaturated/α-hetero) is 3. The van der Waals surface area contributed by atoms with E-state index in [-0.39, 0.29) is 90.0 Å². The normalized spacial score (nSPS) is 15.4. The van der Waals surface area contributed by atoms with Crippen LogP contribution in [0.5, 0.6) is 0 Å². The fourth-order valence-corrected chi connectivity index (χ4v) is 6.78. The third-order valence-corrected chi connectivity index (χ3v) is 8.74. The van der Waals surface area contributed by atoms with Gasteiger partial charge >= 0.3 is 0 Å². The molecule has 0 amide bonds. The average Bonchev–Trinajstić information content (AvgIpc) is 3.08. The number of nitriles is 3. The monoisotopic (exact) mass is 588 g/mol. The standard InChI is InChI=1S/C36H24N6O3/c37-19-25-34(40-16-13-31(43)22-7-1-4-10-28(22)40)26(20-38)36(42-18-15-33(45)24-9-3-6-12-30(24)42)27(21-39)35(25)41-17-14-32(44)23-8-2-5-11-29(23)41/h1-12H,13-18H2. The van der Waals surface area contributed by atoms with Gasteiger partial charge in [-0.1, -0.05) is 36.4 Å². The molecular formula is C36H24N6O3. The Labute approximate surface area is 259 Å². The molecule has 0 unspecified atom stereocenters. The molecule has 0 radical (unpaired) electrons. The number of benzene rings is 4. The summed E-state index contributed by atoms with van der Waals surface area (Å²) in [5, 5.41) is 32.6. The minimum atomic E-state index is -0.0418. The Morgan fingerprint density at radius 2 is 0.711 bits per heavy atom. The maximum Gasteiger partial charge on any atom is 0.166 e. The lowest BCUT2D eigenvalue weighted by Gasteiger charge is -2.39. The Morgan fingerprint density at radius 1 is 0.444 bits per heavy atom. The molecule has 7 rings (SSSR count). The molecule has 3 aliphatic rings. The van der Waals surface area contributed by atoms with Gasteiger partial charge in [-0.05, 0) is 36.4 Å². The molecule has 0 aromatic heterocycles. The summed E-state index contributed by atoms with van der Waals surface area (Å²) in [6.07, 6.45) is 0.499. The van der Waals surface area contributed by atoms with Crippen molar-refractivity contribution in [3.05, 3.63) is 106 Å². The molecule has 0 aliphatic carbocycles. The van der Waals surface area contributed by atoms with Crippen LogP contribution in [0.25, 0.3) is 0 Å². The third-order valence-electron chi connectivity index (χ3n) is 8.74. The Kier molecular flexibility index (Phi) is 6.62. The molecule has 4 aromatic rings. The quantitative estimate of drug-likeness (QED) is 0.264. The lowest BCUT2D eigenvalue weighted by molar-refractivity contribution is 0.0973. The number of rotatable bonds is 3. The zero-order chi connectivity index (χ0) is 31.2. The maximum absolute atomic E-state index is 13.0. The summed E-state index contributed by atoms with van der Waals surface area (Å²) in [4.78, 5) is 44.3. The van der Waals surface area contributed by atoms with Crippen molar-refractivity contribution in [2.24, 2.45) is 0 Å². The zero-order valence-electron chi connectivity index (χ0n) is 24.1. The van der Waals surface area contributed by atoms with Crippen molar-refractivity contribution in [1.82, 2.24) is 0 Å². The van der Waals surface area contributed by atoms with Crippen LogP contribution in [0.1, 0.15) is 67.0 Å². The second-order valence-electron chi connectivity index (χ2n) is 11.0. The van der Waals surface area contributed by atoms with Gasteiger partial charge < -0.3 is 14.7 Å². The van der Waals surface area contributed by atoms with Gasteiger partial charge in [0, 0.05) is 55.6 Å². The van der Waals surface area contributed by atoms with Crippen molar-refractivity contribution in [3.63, 3.8) is 0 Å². The molecular weight excluding hydrogens is 564 g/mol. The van der Waals surface area contributed by atoms with E-state index in [4.69, 9.17) is 0 Å². The van der Waals surface area contributed by atoms with Gasteiger partial charge in [-0.3, -0.25) is 14.4 Å². The van der Waals surface area contributed by atoms with Crippen LogP contribution >= 0.6 is 0 Å². The van der Waals surface area contributed by atoms with Crippen LogP contribution in [0.4, 0.5) is 34.1 Å². The predicted molar refractivity (Wildman–Crippen MR) is 168 cm³/mol. The van der Waals surface area contributed by atoms with Crippen molar-refractivity contribution < 1.29 is 14.4 Å². The van der Waals surface area contributed by atoms with Gasteiger partial charge in [0.2, 0.25) is 0 Å². The Bertz CT molecular complexity index is 1840. The van der Waals surface area contributed by atoms with E-state index in [9.17, 15) is 30.2 Å². The number of ketones is 3. The molecule has 0 atom stereocenters. The van der Waals surface area contributed by atoms with Crippen molar-refractivity contribution in [2.45, 2.75) is 19.3 Å². The lowest BCUT2D eigenvalue weighted by Crippen LogP contribution is -2.34. The largest absolute Gasteiger partial charge is 0.338 e. The average molecular weight is 589 g/mol. The van der Waals surface area contributed by atoms with Crippen LogP contribution < -0.4 is 14.7 Å². The lowest BCUT2D eigenvalue weighted by atomic mass is 9.90. The van der Waals surface area contributed by atoms with Crippen LogP contribution in [0.3, 0.4) is 0 Å². The minimum Gasteiger partial charge on any atom is -0.338 e. The summed E-state index contributed by atoms with van der Waals surface area (Å²) in [5.74, 6) is -0.125. The van der Waals surface area contributed by atoms with E-state index in [1.165, 1.54) is 0 Å². The van der Waals surface area contributed by atoms with E-state index >= 15 is 0 Å². The molecule has 0 saturated carbocycles. The van der Waals surface area contributed by atoms with Crippen LogP contribution in [0.2, 0.25) is 0 Å². The van der Waals surface area contributed by atoms with Gasteiger partial charge in [0.25, 0.3) is 0 Å². The van der Waals surface area contributed by atoms with Gasteiger partial charge in [0.05, 0.1) is 34.1 Å². The van der Waals surface area contributed by atoms with Crippen LogP contribution in [-0.2, 0) is 0 Å². The summed E-state index contributed by atoms with van der Waals surface area (Å²) in [7, 11) is 0. The van der Waals surface area contributed by atoms with Gasteiger partial charge in [-0.2, -0.15) is 15.8 Å². The summed E-state index contributed by atoms with van der Waals surface area (Å²) < 4.78 is 0. The van der Waals surface area contributed by atoms with Crippen molar-refractivity contribution in [3.8, 4) is 18.2 Å². The summed E-state index contributed by atoms with van der Waals surface area (Å²) in [6.45, 7) is 0.649. The van der Waals surface area contributed by atoms with Gasteiger partial charge in [0.1, 0.15) is 34.9 Å². The van der Waals surface area contributed by atoms with E-state index in [0.29, 0.717) is 33.8 Å². The summed E-state index contributed by atoms with van der Waals surface area (Å²) in [5.41, 5.74) is 4.27. The van der Waals surface area contributed by atoms with E-state index in [1.807, 2.05) is 14.7 Å². The highest BCUT2D eigenvalue weighted by Gasteiger charge is 2.38. The number of hydrogen-bond donors (Lipinski definition) is 0. The number of nitrogens with zero attached hydrogens (tertiary/aromatic N) is 6. The molecule has 0 spiro atoms. The van der Waals surface area contributed by atoms with Crippen molar-refractivity contribution in [1.29, 1.82) is 15.8 Å². The highest BCUT2D eigenvalue weighted by Crippen LogP contribution is 2.51. The van der Waals surface area contributed by atoms with Crippen LogP contribution in [0, 0.1) is 34.0 Å². The highest BCUT2D eigenvalue weighted by atomic mass is 16.1. The second kappa shape index (κ2) is 10.8. The summed E-state index contributed by atoms with van der Waals surface area (Å²) >= 11 is 0. The molecule has 0 fully saturated rings. The molecule has 0 saturated heterocycles. The van der Waals surface area contributed by atoms with E-state index in [1.54, 1.807) is 72.8 Å². The molecule has 0 N–H and O–H groups in total. The number of carbonyl (C=O) groups excluding carboxylic acids is 3. The van der Waals surface area contributed by atoms with Gasteiger partial charge in [0.15, 0.2) is 17.3 Å². The van der Waals surface area contributed by atoms with E-state index in [0.717, 1.165) is 0 Å². The first kappa shape index (κ1) is 27.6. The van der Waals surface area contributed by atoms with Gasteiger partial charge in [-0.25, -0.2) is 0 Å². The molecule has 3 aliphatic heterocycles. The number of carbonyl (C=O) groups is 3. The second-order valence-corrected chi connectivity index (χ2v) is 11.0. The highest BCUT2D eigenvalue weighted by molar-refractivity contribution is 6.09. The Morgan fingerprint density at radius 3 is 0.978 bits per heavy atom. The van der Waals surface area contributed by atoms with Gasteiger partial charge in [-0.15, -0.1) is 0 Å². The minimum absolute atomic E-state index is 0.0418. The Balaban J connectivity index is 1.61. The molecule has 9 nitrogen and oxygen atoms in total. The smallest absolute Gasteiger partial charge is 0.166 e. The first-order valence-corrected chi connectivity index (χ1v) is 14.6. The number of anilines is 6. The fraction of sp³-hybridized carbons (Fsp3) is 0.167. The van der Waals surface area contributed by atoms with Crippen LogP contribution in [0.15, 0.2) is 72.8 Å². The molecule has 216 valence electrons. The molecule has 0 bridgehead atoms. The molecule has 4 aromatic carbocycles. The SMILES string of the molecule is N#Cc1c(N2CCC(=O)c3ccccc32)c(C#N)c(N2CCC(=O)c3ccccc32)c(C#N)c1N1CCC(=O)c2ccccc21.